The van der Waals surface area contributed by atoms with Gasteiger partial charge in [0, 0.05) is 23.4 Å². The number of nitrogens with one attached hydrogen (secondary N) is 2. The number of thioether (sulfide) groups is 1. The molecule has 1 aliphatic rings. The van der Waals surface area contributed by atoms with Crippen LogP contribution < -0.4 is 10.6 Å². The van der Waals surface area contributed by atoms with Crippen LogP contribution in [0.15, 0.2) is 6.33 Å². The molecule has 2 unspecified atom stereocenters. The van der Waals surface area contributed by atoms with Gasteiger partial charge in [0.15, 0.2) is 0 Å². The van der Waals surface area contributed by atoms with Crippen molar-refractivity contribution in [3.63, 3.8) is 0 Å². The molecule has 0 radical (unpaired) electrons. The Morgan fingerprint density at radius 2 is 2.05 bits per heavy atom. The van der Waals surface area contributed by atoms with Gasteiger partial charge in [-0.3, -0.25) is 0 Å². The third-order valence-electron chi connectivity index (χ3n) is 3.70. The van der Waals surface area contributed by atoms with Crippen LogP contribution in [0.2, 0.25) is 0 Å². The number of aromatic nitrogens is 2. The second-order valence-electron chi connectivity index (χ2n) is 4.95. The van der Waals surface area contributed by atoms with Gasteiger partial charge in [0.05, 0.1) is 0 Å². The van der Waals surface area contributed by atoms with Crippen LogP contribution in [0.4, 0.5) is 11.6 Å². The smallest absolute Gasteiger partial charge is 0.134 e. The predicted octanol–water partition coefficient (Wildman–Crippen LogP) is 3.17. The van der Waals surface area contributed by atoms with Crippen LogP contribution in [0.3, 0.4) is 0 Å². The van der Waals surface area contributed by atoms with Crippen molar-refractivity contribution < 1.29 is 0 Å². The van der Waals surface area contributed by atoms with E-state index in [0.717, 1.165) is 29.9 Å². The predicted molar refractivity (Wildman–Crippen MR) is 84.1 cm³/mol. The van der Waals surface area contributed by atoms with Crippen LogP contribution in [-0.2, 0) is 6.42 Å². The molecule has 19 heavy (non-hydrogen) atoms. The molecular weight excluding hydrogens is 256 g/mol. The molecule has 0 bridgehead atoms. The van der Waals surface area contributed by atoms with Gasteiger partial charge in [-0.25, -0.2) is 9.97 Å². The van der Waals surface area contributed by atoms with Crippen LogP contribution >= 0.6 is 11.8 Å². The molecule has 1 saturated carbocycles. The molecule has 0 saturated heterocycles. The molecular formula is C14H24N4S. The first kappa shape index (κ1) is 14.4. The van der Waals surface area contributed by atoms with E-state index in [2.05, 4.69) is 40.7 Å². The highest BCUT2D eigenvalue weighted by Crippen LogP contribution is 2.31. The topological polar surface area (TPSA) is 49.8 Å². The number of hydrogen-bond acceptors (Lipinski definition) is 5. The van der Waals surface area contributed by atoms with E-state index in [1.807, 2.05) is 11.8 Å². The van der Waals surface area contributed by atoms with Crippen LogP contribution in [0, 0.1) is 0 Å². The number of nitrogens with zero attached hydrogens (tertiary/aromatic N) is 2. The average Bonchev–Trinajstić information content (AvgIpc) is 2.87. The SMILES string of the molecule is CCNc1ncnc(NC2CCC(SC)C2)c1CC. The zero-order valence-electron chi connectivity index (χ0n) is 12.1. The Hall–Kier alpha value is -0.970. The van der Waals surface area contributed by atoms with Gasteiger partial charge >= 0.3 is 0 Å². The van der Waals surface area contributed by atoms with Gasteiger partial charge in [0.1, 0.15) is 18.0 Å². The third kappa shape index (κ3) is 3.53. The molecule has 1 heterocycles. The summed E-state index contributed by atoms with van der Waals surface area (Å²) in [5.41, 5.74) is 1.21. The third-order valence-corrected chi connectivity index (χ3v) is 4.80. The lowest BCUT2D eigenvalue weighted by atomic mass is 10.2. The molecule has 1 aromatic rings. The maximum atomic E-state index is 4.44. The summed E-state index contributed by atoms with van der Waals surface area (Å²) < 4.78 is 0. The normalized spacial score (nSPS) is 22.5. The Labute approximate surface area is 120 Å². The molecule has 5 heteroatoms. The number of hydrogen-bond donors (Lipinski definition) is 2. The van der Waals surface area contributed by atoms with E-state index >= 15 is 0 Å². The fourth-order valence-electron chi connectivity index (χ4n) is 2.67. The summed E-state index contributed by atoms with van der Waals surface area (Å²) in [6.07, 6.45) is 8.61. The van der Waals surface area contributed by atoms with E-state index in [4.69, 9.17) is 0 Å². The largest absolute Gasteiger partial charge is 0.370 e. The number of rotatable bonds is 6. The van der Waals surface area contributed by atoms with Crippen molar-refractivity contribution in [3.8, 4) is 0 Å². The van der Waals surface area contributed by atoms with E-state index in [9.17, 15) is 0 Å². The van der Waals surface area contributed by atoms with Gasteiger partial charge in [-0.1, -0.05) is 6.92 Å². The van der Waals surface area contributed by atoms with E-state index in [0.29, 0.717) is 6.04 Å². The molecule has 1 aliphatic carbocycles. The van der Waals surface area contributed by atoms with Crippen molar-refractivity contribution >= 4 is 23.4 Å². The molecule has 0 spiro atoms. The quantitative estimate of drug-likeness (QED) is 0.838. The zero-order valence-corrected chi connectivity index (χ0v) is 12.9. The minimum Gasteiger partial charge on any atom is -0.370 e. The van der Waals surface area contributed by atoms with E-state index in [-0.39, 0.29) is 0 Å². The van der Waals surface area contributed by atoms with Gasteiger partial charge in [0.25, 0.3) is 0 Å². The molecule has 2 rings (SSSR count). The van der Waals surface area contributed by atoms with Crippen molar-refractivity contribution in [2.45, 2.75) is 50.8 Å². The van der Waals surface area contributed by atoms with Crippen LogP contribution in [0.5, 0.6) is 0 Å². The zero-order chi connectivity index (χ0) is 13.7. The molecule has 0 aliphatic heterocycles. The highest BCUT2D eigenvalue weighted by atomic mass is 32.2. The summed E-state index contributed by atoms with van der Waals surface area (Å²) >= 11 is 1.98. The lowest BCUT2D eigenvalue weighted by Crippen LogP contribution is -2.19. The Morgan fingerprint density at radius 1 is 1.26 bits per heavy atom. The van der Waals surface area contributed by atoms with Crippen molar-refractivity contribution in [1.29, 1.82) is 0 Å². The summed E-state index contributed by atoms with van der Waals surface area (Å²) in [7, 11) is 0. The molecule has 2 N–H and O–H groups in total. The molecule has 106 valence electrons. The Balaban J connectivity index is 2.09. The highest BCUT2D eigenvalue weighted by Gasteiger charge is 2.24. The van der Waals surface area contributed by atoms with E-state index in [1.165, 1.54) is 24.8 Å². The van der Waals surface area contributed by atoms with Crippen molar-refractivity contribution in [2.75, 3.05) is 23.4 Å². The highest BCUT2D eigenvalue weighted by molar-refractivity contribution is 7.99. The molecule has 1 fully saturated rings. The fraction of sp³-hybridized carbons (Fsp3) is 0.714. The minimum absolute atomic E-state index is 0.562. The van der Waals surface area contributed by atoms with Crippen LogP contribution in [-0.4, -0.2) is 34.1 Å². The summed E-state index contributed by atoms with van der Waals surface area (Å²) in [6.45, 7) is 5.14. The van der Waals surface area contributed by atoms with E-state index < -0.39 is 0 Å². The summed E-state index contributed by atoms with van der Waals surface area (Å²) in [5, 5.41) is 7.74. The molecule has 0 amide bonds. The Kier molecular flexibility index (Phi) is 5.31. The van der Waals surface area contributed by atoms with Crippen molar-refractivity contribution in [2.24, 2.45) is 0 Å². The molecule has 1 aromatic heterocycles. The summed E-state index contributed by atoms with van der Waals surface area (Å²) in [6, 6.07) is 0.562. The summed E-state index contributed by atoms with van der Waals surface area (Å²) in [5.74, 6) is 1.99. The van der Waals surface area contributed by atoms with Gasteiger partial charge in [-0.05, 0) is 38.9 Å². The lowest BCUT2D eigenvalue weighted by molar-refractivity contribution is 0.748. The number of anilines is 2. The molecule has 2 atom stereocenters. The second-order valence-corrected chi connectivity index (χ2v) is 6.08. The molecule has 4 nitrogen and oxygen atoms in total. The van der Waals surface area contributed by atoms with Crippen molar-refractivity contribution in [1.82, 2.24) is 9.97 Å². The molecule has 0 aromatic carbocycles. The Bertz CT molecular complexity index is 410. The standard InChI is InChI=1S/C14H24N4S/c1-4-12-13(15-5-2)16-9-17-14(12)18-10-6-7-11(8-10)19-3/h9-11H,4-8H2,1-3H3,(H2,15,16,17,18). The van der Waals surface area contributed by atoms with E-state index in [1.54, 1.807) is 6.33 Å². The lowest BCUT2D eigenvalue weighted by Gasteiger charge is -2.18. The van der Waals surface area contributed by atoms with Crippen LogP contribution in [0.1, 0.15) is 38.7 Å². The maximum Gasteiger partial charge on any atom is 0.134 e. The summed E-state index contributed by atoms with van der Waals surface area (Å²) in [4.78, 5) is 8.78. The van der Waals surface area contributed by atoms with Crippen LogP contribution in [0.25, 0.3) is 0 Å². The average molecular weight is 280 g/mol. The van der Waals surface area contributed by atoms with Gasteiger partial charge in [-0.2, -0.15) is 11.8 Å². The second kappa shape index (κ2) is 6.98. The maximum absolute atomic E-state index is 4.44. The fourth-order valence-corrected chi connectivity index (χ4v) is 3.47. The first-order chi connectivity index (χ1) is 9.28. The minimum atomic E-state index is 0.562. The first-order valence-corrected chi connectivity index (χ1v) is 8.44. The van der Waals surface area contributed by atoms with Crippen molar-refractivity contribution in [3.05, 3.63) is 11.9 Å². The van der Waals surface area contributed by atoms with Gasteiger partial charge in [0.2, 0.25) is 0 Å². The van der Waals surface area contributed by atoms with Gasteiger partial charge < -0.3 is 10.6 Å². The first-order valence-electron chi connectivity index (χ1n) is 7.15. The monoisotopic (exact) mass is 280 g/mol. The Morgan fingerprint density at radius 3 is 2.68 bits per heavy atom. The van der Waals surface area contributed by atoms with Gasteiger partial charge in [-0.15, -0.1) is 0 Å².